The molecule has 0 aliphatic carbocycles. The third kappa shape index (κ3) is 4.05. The summed E-state index contributed by atoms with van der Waals surface area (Å²) in [4.78, 5) is 2.25. The highest BCUT2D eigenvalue weighted by molar-refractivity contribution is 5.45. The summed E-state index contributed by atoms with van der Waals surface area (Å²) < 4.78 is 22.9. The minimum Gasteiger partial charge on any atom is -0.497 e. The van der Waals surface area contributed by atoms with Gasteiger partial charge in [-0.05, 0) is 42.7 Å². The van der Waals surface area contributed by atoms with Crippen molar-refractivity contribution in [1.29, 1.82) is 0 Å². The number of ether oxygens (including phenoxy) is 4. The van der Waals surface area contributed by atoms with Crippen LogP contribution in [0.2, 0.25) is 0 Å². The fraction of sp³-hybridized carbons (Fsp3) is 0.500. The van der Waals surface area contributed by atoms with Crippen LogP contribution in [-0.4, -0.2) is 60.7 Å². The van der Waals surface area contributed by atoms with Crippen LogP contribution in [0.15, 0.2) is 36.4 Å². The van der Waals surface area contributed by atoms with E-state index in [1.54, 1.807) is 7.11 Å². The van der Waals surface area contributed by atoms with E-state index >= 15 is 0 Å². The summed E-state index contributed by atoms with van der Waals surface area (Å²) in [5.74, 6) is 2.86. The van der Waals surface area contributed by atoms with E-state index in [0.717, 1.165) is 48.6 Å². The fourth-order valence-electron chi connectivity index (χ4n) is 4.81. The minimum absolute atomic E-state index is 0.378. The molecule has 3 aliphatic heterocycles. The van der Waals surface area contributed by atoms with Crippen LogP contribution in [0.5, 0.6) is 23.0 Å². The van der Waals surface area contributed by atoms with Gasteiger partial charge in [-0.2, -0.15) is 0 Å². The van der Waals surface area contributed by atoms with Crippen LogP contribution in [0.25, 0.3) is 0 Å². The molecule has 0 amide bonds. The predicted octanol–water partition coefficient (Wildman–Crippen LogP) is 2.85. The largest absolute Gasteiger partial charge is 0.497 e. The van der Waals surface area contributed by atoms with Gasteiger partial charge in [-0.1, -0.05) is 6.07 Å². The number of hydrogen-bond donors (Lipinski definition) is 2. The van der Waals surface area contributed by atoms with Gasteiger partial charge in [0.05, 0.1) is 19.3 Å². The number of benzene rings is 2. The molecular weight excluding hydrogens is 398 g/mol. The molecule has 0 radical (unpaired) electrons. The van der Waals surface area contributed by atoms with E-state index in [1.165, 1.54) is 0 Å². The Labute approximate surface area is 182 Å². The van der Waals surface area contributed by atoms with E-state index in [1.807, 2.05) is 36.4 Å². The van der Waals surface area contributed by atoms with Gasteiger partial charge in [-0.3, -0.25) is 0 Å². The molecule has 2 aromatic rings. The number of rotatable bonds is 4. The van der Waals surface area contributed by atoms with Crippen molar-refractivity contribution in [2.75, 3.05) is 40.0 Å². The molecule has 1 fully saturated rings. The summed E-state index contributed by atoms with van der Waals surface area (Å²) in [6.07, 6.45) is 1.05. The zero-order valence-corrected chi connectivity index (χ0v) is 17.8. The van der Waals surface area contributed by atoms with Gasteiger partial charge in [0.1, 0.15) is 30.3 Å². The average Bonchev–Trinajstić information content (AvgIpc) is 2.80. The third-order valence-corrected chi connectivity index (χ3v) is 6.62. The number of hydrogen-bond acceptors (Lipinski definition) is 7. The number of aliphatic hydroxyl groups is 2. The summed E-state index contributed by atoms with van der Waals surface area (Å²) in [5, 5.41) is 21.5. The zero-order chi connectivity index (χ0) is 21.4. The summed E-state index contributed by atoms with van der Waals surface area (Å²) in [6.45, 7) is 3.23. The molecule has 166 valence electrons. The zero-order valence-electron chi connectivity index (χ0n) is 17.8. The van der Waals surface area contributed by atoms with Gasteiger partial charge in [0, 0.05) is 37.7 Å². The lowest BCUT2D eigenvalue weighted by Gasteiger charge is -2.46. The Morgan fingerprint density at radius 1 is 1.06 bits per heavy atom. The quantitative estimate of drug-likeness (QED) is 0.777. The Balaban J connectivity index is 1.22. The van der Waals surface area contributed by atoms with E-state index in [4.69, 9.17) is 18.9 Å². The number of likely N-dealkylation sites (tertiary alicyclic amines) is 1. The third-order valence-electron chi connectivity index (χ3n) is 6.62. The maximum atomic E-state index is 10.8. The van der Waals surface area contributed by atoms with Crippen molar-refractivity contribution >= 4 is 0 Å². The molecule has 0 aromatic heterocycles. The lowest BCUT2D eigenvalue weighted by Crippen LogP contribution is -2.51. The first-order chi connectivity index (χ1) is 15.0. The molecule has 2 N–H and O–H groups in total. The van der Waals surface area contributed by atoms with Crippen molar-refractivity contribution < 1.29 is 29.2 Å². The van der Waals surface area contributed by atoms with E-state index in [-0.39, 0.29) is 5.60 Å². The van der Waals surface area contributed by atoms with Gasteiger partial charge in [-0.25, -0.2) is 0 Å². The molecule has 3 aliphatic rings. The van der Waals surface area contributed by atoms with Gasteiger partial charge in [-0.15, -0.1) is 0 Å². The first-order valence-corrected chi connectivity index (χ1v) is 10.9. The Hall–Kier alpha value is -2.48. The molecule has 3 heterocycles. The molecule has 2 atom stereocenters. The van der Waals surface area contributed by atoms with Crippen LogP contribution in [0.3, 0.4) is 0 Å². The second-order valence-corrected chi connectivity index (χ2v) is 8.63. The van der Waals surface area contributed by atoms with E-state index in [2.05, 4.69) is 4.90 Å². The second kappa shape index (κ2) is 8.22. The maximum absolute atomic E-state index is 10.8. The van der Waals surface area contributed by atoms with Crippen molar-refractivity contribution in [3.63, 3.8) is 0 Å². The average molecular weight is 427 g/mol. The van der Waals surface area contributed by atoms with Gasteiger partial charge < -0.3 is 34.1 Å². The maximum Gasteiger partial charge on any atom is 0.161 e. The van der Waals surface area contributed by atoms with Gasteiger partial charge >= 0.3 is 0 Å². The van der Waals surface area contributed by atoms with Gasteiger partial charge in [0.25, 0.3) is 0 Å². The van der Waals surface area contributed by atoms with Crippen molar-refractivity contribution in [2.24, 2.45) is 0 Å². The lowest BCUT2D eigenvalue weighted by molar-refractivity contribution is -0.0588. The Bertz CT molecular complexity index is 940. The van der Waals surface area contributed by atoms with E-state index in [9.17, 15) is 10.2 Å². The summed E-state index contributed by atoms with van der Waals surface area (Å²) >= 11 is 0. The van der Waals surface area contributed by atoms with Gasteiger partial charge in [0.15, 0.2) is 11.5 Å². The molecule has 31 heavy (non-hydrogen) atoms. The Morgan fingerprint density at radius 2 is 1.84 bits per heavy atom. The van der Waals surface area contributed by atoms with Gasteiger partial charge in [0.2, 0.25) is 0 Å². The summed E-state index contributed by atoms with van der Waals surface area (Å²) in [5.41, 5.74) is 1.27. The minimum atomic E-state index is -0.604. The highest BCUT2D eigenvalue weighted by Gasteiger charge is 2.43. The number of methoxy groups -OCH3 is 1. The number of piperidine rings is 1. The van der Waals surface area contributed by atoms with Crippen LogP contribution in [0, 0.1) is 0 Å². The van der Waals surface area contributed by atoms with Crippen LogP contribution in [-0.2, 0) is 0 Å². The molecule has 1 spiro atoms. The normalized spacial score (nSPS) is 23.0. The van der Waals surface area contributed by atoms with Crippen LogP contribution >= 0.6 is 0 Å². The first kappa shape index (κ1) is 20.4. The monoisotopic (exact) mass is 427 g/mol. The Morgan fingerprint density at radius 3 is 2.61 bits per heavy atom. The molecular formula is C24H29NO6. The molecule has 7 nitrogen and oxygen atoms in total. The Kier molecular flexibility index (Phi) is 5.42. The number of aliphatic hydroxyl groups excluding tert-OH is 2. The molecule has 2 aromatic carbocycles. The number of β-amino-alcohol motifs (C(OH)–C–C–N with tert-alkyl or cyclic N) is 1. The topological polar surface area (TPSA) is 80.6 Å². The summed E-state index contributed by atoms with van der Waals surface area (Å²) in [7, 11) is 1.63. The van der Waals surface area contributed by atoms with Crippen LogP contribution < -0.4 is 18.9 Å². The molecule has 5 rings (SSSR count). The van der Waals surface area contributed by atoms with Crippen molar-refractivity contribution in [2.45, 2.75) is 37.1 Å². The highest BCUT2D eigenvalue weighted by Crippen LogP contribution is 2.45. The van der Waals surface area contributed by atoms with Crippen molar-refractivity contribution in [3.05, 3.63) is 47.5 Å². The van der Waals surface area contributed by atoms with E-state index in [0.29, 0.717) is 37.7 Å². The molecule has 1 saturated heterocycles. The first-order valence-electron chi connectivity index (χ1n) is 10.9. The lowest BCUT2D eigenvalue weighted by atomic mass is 9.81. The predicted molar refractivity (Wildman–Crippen MR) is 114 cm³/mol. The molecule has 0 saturated carbocycles. The van der Waals surface area contributed by atoms with Crippen LogP contribution in [0.1, 0.15) is 42.6 Å². The molecule has 7 heteroatoms. The fourth-order valence-corrected chi connectivity index (χ4v) is 4.81. The molecule has 0 unspecified atom stereocenters. The number of nitrogens with zero attached hydrogens (tertiary/aromatic N) is 1. The second-order valence-electron chi connectivity index (χ2n) is 8.63. The molecule has 0 bridgehead atoms. The highest BCUT2D eigenvalue weighted by atomic mass is 16.6. The van der Waals surface area contributed by atoms with E-state index < -0.39 is 12.2 Å². The standard InChI is InChI=1S/C24H29NO6/c1-28-17-3-4-18-19(26)14-24(31-22(18)13-17)6-8-25(9-7-24)15-20(27)16-2-5-21-23(12-16)30-11-10-29-21/h2-5,12-13,19-20,26-27H,6-11,14-15H2,1H3/t19-,20-/m0/s1. The van der Waals surface area contributed by atoms with Crippen molar-refractivity contribution in [3.8, 4) is 23.0 Å². The smallest absolute Gasteiger partial charge is 0.161 e. The SMILES string of the molecule is COc1ccc2c(c1)OC1(CCN(C[C@H](O)c3ccc4c(c3)OCCO4)CC1)C[C@@H]2O. The van der Waals surface area contributed by atoms with Crippen LogP contribution in [0.4, 0.5) is 0 Å². The van der Waals surface area contributed by atoms with Crippen molar-refractivity contribution in [1.82, 2.24) is 4.90 Å². The number of fused-ring (bicyclic) bond motifs is 2. The summed E-state index contributed by atoms with van der Waals surface area (Å²) in [6, 6.07) is 11.2.